The molecule has 1 N–H and O–H groups in total. The predicted molar refractivity (Wildman–Crippen MR) is 75.6 cm³/mol. The summed E-state index contributed by atoms with van der Waals surface area (Å²) in [6, 6.07) is 17.8. The van der Waals surface area contributed by atoms with Crippen LogP contribution in [0.4, 0.5) is 0 Å². The molecule has 0 heterocycles. The molecule has 0 bridgehead atoms. The van der Waals surface area contributed by atoms with Crippen molar-refractivity contribution in [3.63, 3.8) is 0 Å². The van der Waals surface area contributed by atoms with Crippen molar-refractivity contribution < 1.29 is 4.21 Å². The van der Waals surface area contributed by atoms with E-state index in [1.54, 1.807) is 0 Å². The lowest BCUT2D eigenvalue weighted by atomic mass is 10.1. The van der Waals surface area contributed by atoms with Crippen molar-refractivity contribution in [3.8, 4) is 0 Å². The van der Waals surface area contributed by atoms with E-state index in [0.29, 0.717) is 0 Å². The summed E-state index contributed by atoms with van der Waals surface area (Å²) in [4.78, 5) is 0.809. The fraction of sp³-hybridized carbons (Fsp3) is 0.200. The van der Waals surface area contributed by atoms with Gasteiger partial charge in [0.1, 0.15) is 11.0 Å². The second kappa shape index (κ2) is 5.94. The third-order valence-corrected chi connectivity index (χ3v) is 4.09. The lowest BCUT2D eigenvalue weighted by Gasteiger charge is -2.13. The SMILES string of the molecule is Cc1ccc(S(=O)N[C@H](C)c2ccccc2)cc1. The van der Waals surface area contributed by atoms with E-state index < -0.39 is 11.0 Å². The summed E-state index contributed by atoms with van der Waals surface area (Å²) in [6.45, 7) is 4.04. The zero-order valence-electron chi connectivity index (χ0n) is 10.6. The van der Waals surface area contributed by atoms with Gasteiger partial charge in [-0.3, -0.25) is 0 Å². The van der Waals surface area contributed by atoms with Gasteiger partial charge in [0, 0.05) is 6.04 Å². The largest absolute Gasteiger partial charge is 0.237 e. The number of nitrogens with one attached hydrogen (secondary N) is 1. The Morgan fingerprint density at radius 3 is 2.22 bits per heavy atom. The van der Waals surface area contributed by atoms with Crippen molar-refractivity contribution in [2.45, 2.75) is 24.8 Å². The highest BCUT2D eigenvalue weighted by atomic mass is 32.2. The molecule has 0 aliphatic rings. The van der Waals surface area contributed by atoms with Crippen molar-refractivity contribution in [2.24, 2.45) is 0 Å². The normalized spacial score (nSPS) is 14.1. The third-order valence-electron chi connectivity index (χ3n) is 2.82. The van der Waals surface area contributed by atoms with E-state index >= 15 is 0 Å². The highest BCUT2D eigenvalue weighted by Crippen LogP contribution is 2.14. The van der Waals surface area contributed by atoms with Gasteiger partial charge >= 0.3 is 0 Å². The Labute approximate surface area is 111 Å². The Morgan fingerprint density at radius 2 is 1.61 bits per heavy atom. The van der Waals surface area contributed by atoms with Gasteiger partial charge in [0.2, 0.25) is 0 Å². The van der Waals surface area contributed by atoms with Crippen LogP contribution < -0.4 is 4.72 Å². The van der Waals surface area contributed by atoms with E-state index in [9.17, 15) is 4.21 Å². The van der Waals surface area contributed by atoms with Crippen LogP contribution in [0.3, 0.4) is 0 Å². The van der Waals surface area contributed by atoms with E-state index in [0.717, 1.165) is 10.5 Å². The molecule has 2 atom stereocenters. The molecular formula is C15H17NOS. The van der Waals surface area contributed by atoms with Crippen LogP contribution in [0.2, 0.25) is 0 Å². The molecular weight excluding hydrogens is 242 g/mol. The summed E-state index contributed by atoms with van der Waals surface area (Å²) in [5, 5.41) is 0. The van der Waals surface area contributed by atoms with Gasteiger partial charge < -0.3 is 0 Å². The fourth-order valence-electron chi connectivity index (χ4n) is 1.70. The molecule has 0 saturated carbocycles. The quantitative estimate of drug-likeness (QED) is 0.896. The topological polar surface area (TPSA) is 29.1 Å². The average Bonchev–Trinajstić information content (AvgIpc) is 2.40. The summed E-state index contributed by atoms with van der Waals surface area (Å²) in [5.41, 5.74) is 2.31. The van der Waals surface area contributed by atoms with Crippen molar-refractivity contribution in [1.29, 1.82) is 0 Å². The summed E-state index contributed by atoms with van der Waals surface area (Å²) >= 11 is 0. The van der Waals surface area contributed by atoms with Gasteiger partial charge in [0.15, 0.2) is 0 Å². The molecule has 0 spiro atoms. The van der Waals surface area contributed by atoms with Crippen LogP contribution in [0, 0.1) is 6.92 Å². The van der Waals surface area contributed by atoms with Crippen LogP contribution in [0.25, 0.3) is 0 Å². The number of benzene rings is 2. The van der Waals surface area contributed by atoms with E-state index in [1.165, 1.54) is 5.56 Å². The summed E-state index contributed by atoms with van der Waals surface area (Å²) in [5.74, 6) is 0. The standard InChI is InChI=1S/C15H17NOS/c1-12-8-10-15(11-9-12)18(17)16-13(2)14-6-4-3-5-7-14/h3-11,13,16H,1-2H3/t13-,18?/m1/s1. The lowest BCUT2D eigenvalue weighted by Crippen LogP contribution is -2.21. The monoisotopic (exact) mass is 259 g/mol. The maximum atomic E-state index is 12.1. The third kappa shape index (κ3) is 3.28. The molecule has 94 valence electrons. The number of hydrogen-bond donors (Lipinski definition) is 1. The Bertz CT molecular complexity index is 522. The molecule has 0 aliphatic carbocycles. The molecule has 3 heteroatoms. The number of rotatable bonds is 4. The minimum atomic E-state index is -1.17. The average molecular weight is 259 g/mol. The highest BCUT2D eigenvalue weighted by Gasteiger charge is 2.09. The Morgan fingerprint density at radius 1 is 1.00 bits per heavy atom. The molecule has 2 aromatic rings. The van der Waals surface area contributed by atoms with Crippen molar-refractivity contribution >= 4 is 11.0 Å². The zero-order valence-corrected chi connectivity index (χ0v) is 11.4. The Hall–Kier alpha value is -1.45. The molecule has 0 saturated heterocycles. The van der Waals surface area contributed by atoms with Crippen LogP contribution in [0.1, 0.15) is 24.1 Å². The molecule has 0 radical (unpaired) electrons. The summed E-state index contributed by atoms with van der Waals surface area (Å²) < 4.78 is 15.2. The smallest absolute Gasteiger partial charge is 0.125 e. The first-order valence-electron chi connectivity index (χ1n) is 5.96. The summed E-state index contributed by atoms with van der Waals surface area (Å²) in [6.07, 6.45) is 0. The van der Waals surface area contributed by atoms with Gasteiger partial charge in [-0.15, -0.1) is 0 Å². The lowest BCUT2D eigenvalue weighted by molar-refractivity contribution is 0.651. The molecule has 0 fully saturated rings. The van der Waals surface area contributed by atoms with Crippen molar-refractivity contribution in [3.05, 3.63) is 65.7 Å². The van der Waals surface area contributed by atoms with Gasteiger partial charge in [-0.1, -0.05) is 48.0 Å². The summed E-state index contributed by atoms with van der Waals surface area (Å²) in [7, 11) is -1.17. The molecule has 0 aromatic heterocycles. The second-order valence-corrected chi connectivity index (χ2v) is 5.58. The zero-order chi connectivity index (χ0) is 13.0. The number of hydrogen-bond acceptors (Lipinski definition) is 1. The van der Waals surface area contributed by atoms with E-state index in [4.69, 9.17) is 0 Å². The first-order valence-corrected chi connectivity index (χ1v) is 7.11. The van der Waals surface area contributed by atoms with E-state index in [2.05, 4.69) is 4.72 Å². The minimum Gasteiger partial charge on any atom is -0.237 e. The van der Waals surface area contributed by atoms with Crippen molar-refractivity contribution in [1.82, 2.24) is 4.72 Å². The molecule has 1 unspecified atom stereocenters. The van der Waals surface area contributed by atoms with Crippen LogP contribution in [0.5, 0.6) is 0 Å². The van der Waals surface area contributed by atoms with E-state index in [1.807, 2.05) is 68.4 Å². The van der Waals surface area contributed by atoms with Crippen LogP contribution >= 0.6 is 0 Å². The van der Waals surface area contributed by atoms with Gasteiger partial charge in [-0.05, 0) is 31.5 Å². The van der Waals surface area contributed by atoms with Crippen LogP contribution in [0.15, 0.2) is 59.5 Å². The Balaban J connectivity index is 2.06. The fourth-order valence-corrected chi connectivity index (χ4v) is 2.68. The van der Waals surface area contributed by atoms with Gasteiger partial charge in [-0.25, -0.2) is 8.93 Å². The van der Waals surface area contributed by atoms with Gasteiger partial charge in [0.05, 0.1) is 4.90 Å². The van der Waals surface area contributed by atoms with E-state index in [-0.39, 0.29) is 6.04 Å². The van der Waals surface area contributed by atoms with Gasteiger partial charge in [0.25, 0.3) is 0 Å². The molecule has 0 aliphatic heterocycles. The maximum absolute atomic E-state index is 12.1. The molecule has 18 heavy (non-hydrogen) atoms. The maximum Gasteiger partial charge on any atom is 0.125 e. The molecule has 2 nitrogen and oxygen atoms in total. The molecule has 2 aromatic carbocycles. The number of aryl methyl sites for hydroxylation is 1. The second-order valence-electron chi connectivity index (χ2n) is 4.33. The Kier molecular flexibility index (Phi) is 4.28. The van der Waals surface area contributed by atoms with Crippen LogP contribution in [-0.2, 0) is 11.0 Å². The van der Waals surface area contributed by atoms with Gasteiger partial charge in [-0.2, -0.15) is 0 Å². The minimum absolute atomic E-state index is 0.0633. The van der Waals surface area contributed by atoms with Crippen LogP contribution in [-0.4, -0.2) is 4.21 Å². The first-order chi connectivity index (χ1) is 8.66. The predicted octanol–water partition coefficient (Wildman–Crippen LogP) is 3.37. The molecule has 0 amide bonds. The first kappa shape index (κ1) is 13.0. The molecule has 2 rings (SSSR count). The van der Waals surface area contributed by atoms with Crippen molar-refractivity contribution in [2.75, 3.05) is 0 Å². The highest BCUT2D eigenvalue weighted by molar-refractivity contribution is 7.83.